The van der Waals surface area contributed by atoms with Crippen molar-refractivity contribution < 1.29 is 13.2 Å². The van der Waals surface area contributed by atoms with E-state index in [2.05, 4.69) is 16.8 Å². The Kier molecular flexibility index (Phi) is 2.86. The Labute approximate surface area is 104 Å². The van der Waals surface area contributed by atoms with E-state index in [-0.39, 0.29) is 5.76 Å². The zero-order valence-corrected chi connectivity index (χ0v) is 10.0. The van der Waals surface area contributed by atoms with Crippen LogP contribution < -0.4 is 5.32 Å². The van der Waals surface area contributed by atoms with Gasteiger partial charge in [-0.2, -0.15) is 0 Å². The highest BCUT2D eigenvalue weighted by atomic mass is 19.3. The van der Waals surface area contributed by atoms with E-state index in [1.165, 1.54) is 12.3 Å². The smallest absolute Gasteiger partial charge is 0.295 e. The molecule has 3 nitrogen and oxygen atoms in total. The average molecular weight is 254 g/mol. The number of hydrogen-bond donors (Lipinski definition) is 1. The zero-order valence-electron chi connectivity index (χ0n) is 10.0. The Hall–Kier alpha value is -1.36. The molecule has 0 aliphatic carbocycles. The van der Waals surface area contributed by atoms with Crippen LogP contribution in [0.1, 0.15) is 17.7 Å². The lowest BCUT2D eigenvalue weighted by Crippen LogP contribution is -2.24. The Morgan fingerprint density at radius 1 is 1.39 bits per heavy atom. The first kappa shape index (κ1) is 11.7. The van der Waals surface area contributed by atoms with Crippen LogP contribution in [0.5, 0.6) is 0 Å². The summed E-state index contributed by atoms with van der Waals surface area (Å²) in [7, 11) is 0. The lowest BCUT2D eigenvalue weighted by Gasteiger charge is -2.21. The summed E-state index contributed by atoms with van der Waals surface area (Å²) in [4.78, 5) is 2.18. The van der Waals surface area contributed by atoms with Gasteiger partial charge >= 0.3 is 0 Å². The molecule has 0 spiro atoms. The van der Waals surface area contributed by atoms with E-state index < -0.39 is 6.43 Å². The molecule has 1 N–H and O–H groups in total. The van der Waals surface area contributed by atoms with Crippen LogP contribution in [0.4, 0.5) is 8.78 Å². The van der Waals surface area contributed by atoms with E-state index in [1.54, 1.807) is 0 Å². The fraction of sp³-hybridized carbons (Fsp3) is 0.538. The third-order valence-corrected chi connectivity index (χ3v) is 3.94. The summed E-state index contributed by atoms with van der Waals surface area (Å²) in [6.07, 6.45) is -1.19. The van der Waals surface area contributed by atoms with Crippen molar-refractivity contribution >= 4 is 5.70 Å². The van der Waals surface area contributed by atoms with Crippen molar-refractivity contribution in [1.29, 1.82) is 0 Å². The van der Waals surface area contributed by atoms with Gasteiger partial charge < -0.3 is 14.6 Å². The molecule has 0 aromatic carbocycles. The maximum Gasteiger partial charge on any atom is 0.295 e. The number of rotatable bonds is 3. The number of hydrogen-bond acceptors (Lipinski definition) is 3. The Morgan fingerprint density at radius 2 is 2.06 bits per heavy atom. The Balaban J connectivity index is 1.71. The van der Waals surface area contributed by atoms with Gasteiger partial charge in [0, 0.05) is 37.4 Å². The largest absolute Gasteiger partial charge is 0.463 e. The lowest BCUT2D eigenvalue weighted by atomic mass is 10.0. The van der Waals surface area contributed by atoms with Gasteiger partial charge in [0.15, 0.2) is 5.76 Å². The van der Waals surface area contributed by atoms with Crippen LogP contribution in [0.15, 0.2) is 23.3 Å². The predicted molar refractivity (Wildman–Crippen MR) is 64.1 cm³/mol. The fourth-order valence-corrected chi connectivity index (χ4v) is 2.88. The van der Waals surface area contributed by atoms with E-state index in [9.17, 15) is 8.78 Å². The summed E-state index contributed by atoms with van der Waals surface area (Å²) < 4.78 is 29.8. The molecule has 2 unspecified atom stereocenters. The molecule has 2 aliphatic heterocycles. The van der Waals surface area contributed by atoms with Gasteiger partial charge in [-0.25, -0.2) is 8.78 Å². The molecule has 2 fully saturated rings. The van der Waals surface area contributed by atoms with Gasteiger partial charge in [0.25, 0.3) is 6.43 Å². The van der Waals surface area contributed by atoms with Gasteiger partial charge in [0.05, 0.1) is 0 Å². The molecule has 2 saturated heterocycles. The summed E-state index contributed by atoms with van der Waals surface area (Å²) in [6, 6.07) is 1.39. The number of nitrogens with one attached hydrogen (secondary N) is 1. The summed E-state index contributed by atoms with van der Waals surface area (Å²) >= 11 is 0. The quantitative estimate of drug-likeness (QED) is 0.897. The molecule has 0 amide bonds. The standard InChI is InChI=1S/C13H16F2N2O/c1-8(9-2-12(13(14)15)18-7-9)17-5-10-3-16-4-11(10)6-17/h2,7,10-11,13,16H,1,3-6H2. The fourth-order valence-electron chi connectivity index (χ4n) is 2.88. The van der Waals surface area contributed by atoms with Crippen molar-refractivity contribution in [3.05, 3.63) is 30.2 Å². The van der Waals surface area contributed by atoms with Gasteiger partial charge in [-0.15, -0.1) is 0 Å². The van der Waals surface area contributed by atoms with Crippen LogP contribution in [-0.2, 0) is 0 Å². The molecule has 2 aliphatic rings. The van der Waals surface area contributed by atoms with E-state index in [1.807, 2.05) is 0 Å². The normalized spacial score (nSPS) is 26.9. The maximum atomic E-state index is 12.5. The molecule has 3 rings (SSSR count). The molecule has 3 heterocycles. The highest BCUT2D eigenvalue weighted by Gasteiger charge is 2.36. The van der Waals surface area contributed by atoms with Crippen LogP contribution in [-0.4, -0.2) is 31.1 Å². The minimum absolute atomic E-state index is 0.285. The van der Waals surface area contributed by atoms with E-state index in [4.69, 9.17) is 4.42 Å². The highest BCUT2D eigenvalue weighted by molar-refractivity contribution is 5.61. The van der Waals surface area contributed by atoms with Crippen molar-refractivity contribution in [2.75, 3.05) is 26.2 Å². The lowest BCUT2D eigenvalue weighted by molar-refractivity contribution is 0.122. The summed E-state index contributed by atoms with van der Waals surface area (Å²) in [5.41, 5.74) is 1.46. The van der Waals surface area contributed by atoms with Crippen molar-refractivity contribution in [2.45, 2.75) is 6.43 Å². The second-order valence-corrected chi connectivity index (χ2v) is 5.07. The highest BCUT2D eigenvalue weighted by Crippen LogP contribution is 2.33. The van der Waals surface area contributed by atoms with E-state index >= 15 is 0 Å². The monoisotopic (exact) mass is 254 g/mol. The number of nitrogens with zero attached hydrogens (tertiary/aromatic N) is 1. The number of likely N-dealkylation sites (tertiary alicyclic amines) is 1. The number of halogens is 2. The molecule has 0 radical (unpaired) electrons. The molecule has 0 saturated carbocycles. The molecular weight excluding hydrogens is 238 g/mol. The first-order valence-corrected chi connectivity index (χ1v) is 6.16. The Bertz CT molecular complexity index is 446. The molecule has 98 valence electrons. The topological polar surface area (TPSA) is 28.4 Å². The van der Waals surface area contributed by atoms with Gasteiger partial charge in [0.2, 0.25) is 0 Å². The summed E-state index contributed by atoms with van der Waals surface area (Å²) in [6.45, 7) is 8.00. The predicted octanol–water partition coefficient (Wildman–Crippen LogP) is 2.34. The molecule has 0 bridgehead atoms. The van der Waals surface area contributed by atoms with E-state index in [0.717, 1.165) is 31.9 Å². The van der Waals surface area contributed by atoms with Gasteiger partial charge in [-0.1, -0.05) is 6.58 Å². The van der Waals surface area contributed by atoms with Crippen LogP contribution in [0.25, 0.3) is 5.70 Å². The Morgan fingerprint density at radius 3 is 2.61 bits per heavy atom. The second-order valence-electron chi connectivity index (χ2n) is 5.07. The van der Waals surface area contributed by atoms with Gasteiger partial charge in [0.1, 0.15) is 6.26 Å². The molecule has 18 heavy (non-hydrogen) atoms. The molecule has 1 aromatic rings. The van der Waals surface area contributed by atoms with Crippen molar-refractivity contribution in [3.63, 3.8) is 0 Å². The van der Waals surface area contributed by atoms with Crippen LogP contribution >= 0.6 is 0 Å². The number of fused-ring (bicyclic) bond motifs is 1. The van der Waals surface area contributed by atoms with Crippen LogP contribution in [0, 0.1) is 11.8 Å². The van der Waals surface area contributed by atoms with Crippen molar-refractivity contribution in [2.24, 2.45) is 11.8 Å². The van der Waals surface area contributed by atoms with Crippen molar-refractivity contribution in [1.82, 2.24) is 10.2 Å². The number of furan rings is 1. The minimum atomic E-state index is -2.56. The second kappa shape index (κ2) is 4.39. The third-order valence-electron chi connectivity index (χ3n) is 3.94. The number of alkyl halides is 2. The third kappa shape index (κ3) is 1.92. The summed E-state index contributed by atoms with van der Waals surface area (Å²) in [5, 5.41) is 3.37. The van der Waals surface area contributed by atoms with Gasteiger partial charge in [-0.3, -0.25) is 0 Å². The molecule has 5 heteroatoms. The molecular formula is C13H16F2N2O. The molecule has 1 aromatic heterocycles. The molecule has 2 atom stereocenters. The van der Waals surface area contributed by atoms with Crippen LogP contribution in [0.3, 0.4) is 0 Å². The van der Waals surface area contributed by atoms with Crippen molar-refractivity contribution in [3.8, 4) is 0 Å². The SMILES string of the molecule is C=C(c1coc(C(F)F)c1)N1CC2CNCC2C1. The van der Waals surface area contributed by atoms with E-state index in [0.29, 0.717) is 17.4 Å². The summed E-state index contributed by atoms with van der Waals surface area (Å²) in [5.74, 6) is 1.03. The maximum absolute atomic E-state index is 12.5. The minimum Gasteiger partial charge on any atom is -0.463 e. The first-order chi connectivity index (χ1) is 8.65. The zero-order chi connectivity index (χ0) is 12.7. The average Bonchev–Trinajstić information content (AvgIpc) is 3.02. The van der Waals surface area contributed by atoms with Crippen LogP contribution in [0.2, 0.25) is 0 Å². The first-order valence-electron chi connectivity index (χ1n) is 6.16. The van der Waals surface area contributed by atoms with Gasteiger partial charge in [-0.05, 0) is 17.9 Å².